The molecule has 6 amide bonds. The first-order valence-corrected chi connectivity index (χ1v) is 32.4. The van der Waals surface area contributed by atoms with Gasteiger partial charge in [-0.1, -0.05) is 36.2 Å². The van der Waals surface area contributed by atoms with Gasteiger partial charge in [-0.05, 0) is 94.0 Å². The number of aliphatic carboxylic acids is 3. The number of aryl methyl sites for hydroxylation is 2. The van der Waals surface area contributed by atoms with E-state index in [0.29, 0.717) is 99.6 Å². The van der Waals surface area contributed by atoms with Gasteiger partial charge in [-0.25, -0.2) is 8.78 Å². The van der Waals surface area contributed by atoms with Gasteiger partial charge in [0.05, 0.1) is 63.0 Å². The minimum absolute atomic E-state index is 0.0715. The van der Waals surface area contributed by atoms with Crippen LogP contribution in [-0.2, 0) is 44.8 Å². The third-order valence-corrected chi connectivity index (χ3v) is 17.4. The fourth-order valence-electron chi connectivity index (χ4n) is 11.2. The fraction of sp³-hybridized carbons (Fsp3) is 0.603. The van der Waals surface area contributed by atoms with Gasteiger partial charge in [-0.2, -0.15) is 17.0 Å². The van der Waals surface area contributed by atoms with Gasteiger partial charge in [-0.15, -0.1) is 0 Å². The smallest absolute Gasteiger partial charge is 0.317 e. The van der Waals surface area contributed by atoms with Crippen molar-refractivity contribution in [3.8, 4) is 11.8 Å². The Morgan fingerprint density at radius 3 is 1.96 bits per heavy atom. The number of benzene rings is 2. The van der Waals surface area contributed by atoms with E-state index in [1.165, 1.54) is 29.6 Å². The number of thioether (sulfide) groups is 1. The molecule has 0 saturated carbocycles. The number of hydrogen-bond donors (Lipinski definition) is 7. The first kappa shape index (κ1) is 72.5. The summed E-state index contributed by atoms with van der Waals surface area (Å²) < 4.78 is 33.9. The molecule has 4 heterocycles. The Morgan fingerprint density at radius 2 is 1.34 bits per heavy atom. The zero-order valence-corrected chi connectivity index (χ0v) is 52.7. The number of unbranched alkanes of at least 4 members (excludes halogenated alkanes) is 2. The highest BCUT2D eigenvalue weighted by Crippen LogP contribution is 2.32. The molecule has 3 aliphatic heterocycles. The lowest BCUT2D eigenvalue weighted by Gasteiger charge is -2.33. The number of amides is 6. The predicted molar refractivity (Wildman–Crippen MR) is 335 cm³/mol. The van der Waals surface area contributed by atoms with Crippen molar-refractivity contribution in [2.75, 3.05) is 136 Å². The lowest BCUT2D eigenvalue weighted by atomic mass is 9.92. The molecule has 0 spiro atoms. The molecule has 25 nitrogen and oxygen atoms in total. The van der Waals surface area contributed by atoms with Crippen molar-refractivity contribution < 1.29 is 72.0 Å². The van der Waals surface area contributed by atoms with Crippen molar-refractivity contribution in [2.24, 2.45) is 5.92 Å². The van der Waals surface area contributed by atoms with Crippen LogP contribution < -0.4 is 26.0 Å². The molecule has 7 N–H and O–H groups in total. The van der Waals surface area contributed by atoms with Crippen LogP contribution in [0.25, 0.3) is 10.9 Å². The number of piperidine rings is 1. The van der Waals surface area contributed by atoms with Gasteiger partial charge < -0.3 is 51.1 Å². The number of carboxylic acid groups (broad SMARTS) is 3. The van der Waals surface area contributed by atoms with Crippen LogP contribution in [0.4, 0.5) is 8.78 Å². The summed E-state index contributed by atoms with van der Waals surface area (Å²) in [6, 6.07) is 14.3. The first-order valence-electron chi connectivity index (χ1n) is 31.3. The Kier molecular flexibility index (Phi) is 30.0. The van der Waals surface area contributed by atoms with Crippen LogP contribution in [0.2, 0.25) is 0 Å². The number of pyridine rings is 1. The van der Waals surface area contributed by atoms with Crippen LogP contribution >= 0.6 is 11.8 Å². The highest BCUT2D eigenvalue weighted by Gasteiger charge is 2.47. The number of carbonyl (C=O) groups excluding carboxylic acids is 6. The number of rotatable bonds is 33. The van der Waals surface area contributed by atoms with Crippen molar-refractivity contribution in [2.45, 2.75) is 102 Å². The Bertz CT molecular complexity index is 2940. The second-order valence-corrected chi connectivity index (χ2v) is 24.7. The van der Waals surface area contributed by atoms with Gasteiger partial charge in [0, 0.05) is 121 Å². The Labute approximate surface area is 533 Å². The average Bonchev–Trinajstić information content (AvgIpc) is 1.89. The van der Waals surface area contributed by atoms with Crippen LogP contribution in [0.5, 0.6) is 5.75 Å². The molecule has 0 bridgehead atoms. The minimum atomic E-state index is -3.18. The van der Waals surface area contributed by atoms with E-state index in [0.717, 1.165) is 42.6 Å². The van der Waals surface area contributed by atoms with Crippen LogP contribution in [0.15, 0.2) is 54.7 Å². The van der Waals surface area contributed by atoms with E-state index in [4.69, 9.17) is 4.74 Å². The molecule has 3 fully saturated rings. The topological polar surface area (TPSA) is 328 Å². The normalized spacial score (nSPS) is 17.6. The Balaban J connectivity index is 0.920. The van der Waals surface area contributed by atoms with Crippen molar-refractivity contribution in [3.63, 3.8) is 0 Å². The number of nitriles is 1. The third kappa shape index (κ3) is 26.3. The highest BCUT2D eigenvalue weighted by molar-refractivity contribution is 7.99. The summed E-state index contributed by atoms with van der Waals surface area (Å²) in [5, 5.41) is 49.8. The lowest BCUT2D eigenvalue weighted by Crippen LogP contribution is -2.53. The summed E-state index contributed by atoms with van der Waals surface area (Å²) in [6.45, 7) is 3.54. The molecule has 6 rings (SSSR count). The number of nitrogens with zero attached hydrogens (tertiary/aromatic N) is 8. The molecular weight excluding hydrogens is 1200 g/mol. The van der Waals surface area contributed by atoms with Gasteiger partial charge in [-0.3, -0.25) is 67.7 Å². The van der Waals surface area contributed by atoms with E-state index in [1.54, 1.807) is 43.9 Å². The van der Waals surface area contributed by atoms with Crippen LogP contribution in [0, 0.1) is 24.2 Å². The summed E-state index contributed by atoms with van der Waals surface area (Å²) in [5.74, 6) is -7.10. The van der Waals surface area contributed by atoms with E-state index in [9.17, 15) is 72.5 Å². The van der Waals surface area contributed by atoms with Crippen LogP contribution in [-0.4, -0.2) is 257 Å². The number of carbonyl (C=O) groups is 9. The molecular formula is C63H88F2N12O13S. The largest absolute Gasteiger partial charge is 0.494 e. The molecule has 91 heavy (non-hydrogen) atoms. The predicted octanol–water partition coefficient (Wildman–Crippen LogP) is 2.94. The lowest BCUT2D eigenvalue weighted by molar-refractivity contribution is -0.140. The molecule has 0 radical (unpaired) electrons. The maximum absolute atomic E-state index is 13.9. The molecule has 3 aromatic rings. The molecule has 2 aromatic carbocycles. The van der Waals surface area contributed by atoms with Gasteiger partial charge in [0.2, 0.25) is 29.5 Å². The number of likely N-dealkylation sites (tertiary alicyclic amines) is 2. The summed E-state index contributed by atoms with van der Waals surface area (Å²) in [4.78, 5) is 129. The minimum Gasteiger partial charge on any atom is -0.494 e. The van der Waals surface area contributed by atoms with Gasteiger partial charge in [0.25, 0.3) is 11.8 Å². The number of nitrogens with one attached hydrogen (secondary N) is 4. The molecule has 0 aliphatic carbocycles. The van der Waals surface area contributed by atoms with E-state index in [2.05, 4.69) is 38.4 Å². The van der Waals surface area contributed by atoms with Gasteiger partial charge >= 0.3 is 17.9 Å². The average molecular weight is 1290 g/mol. The maximum Gasteiger partial charge on any atom is 0.317 e. The summed E-state index contributed by atoms with van der Waals surface area (Å²) in [6.07, 6.45) is 8.09. The van der Waals surface area contributed by atoms with Crippen LogP contribution in [0.1, 0.15) is 92.1 Å². The molecule has 1 aromatic heterocycles. The SMILES string of the molecule is Cc1ccc(CCCC(=O)NCCSCC(NC(=O)CN2CCN(CC(=O)O)CCN(CC(=O)O)CCN(CC(=O)O)CC2)C(=O)NCCCCCC(=O)N2CCC(CCCOc3ccc4nccc(C(=O)NCC(=O)N5CC(F)(F)C[C@@H]5C#N)c4c3)CC2)cc1. The molecule has 3 aliphatic rings. The van der Waals surface area contributed by atoms with Crippen LogP contribution in [0.3, 0.4) is 0 Å². The second-order valence-electron chi connectivity index (χ2n) is 23.5. The summed E-state index contributed by atoms with van der Waals surface area (Å²) in [5.41, 5.74) is 3.05. The van der Waals surface area contributed by atoms with E-state index in [-0.39, 0.29) is 102 Å². The molecule has 1 unspecified atom stereocenters. The van der Waals surface area contributed by atoms with Crippen molar-refractivity contribution in [1.82, 2.24) is 55.7 Å². The van der Waals surface area contributed by atoms with Crippen molar-refractivity contribution in [1.29, 1.82) is 5.26 Å². The quantitative estimate of drug-likeness (QED) is 0.0431. The summed E-state index contributed by atoms with van der Waals surface area (Å²) >= 11 is 1.39. The second kappa shape index (κ2) is 37.7. The maximum atomic E-state index is 13.9. The monoisotopic (exact) mass is 1290 g/mol. The zero-order chi connectivity index (χ0) is 65.7. The van der Waals surface area contributed by atoms with E-state index < -0.39 is 79.1 Å². The molecule has 2 atom stereocenters. The Morgan fingerprint density at radius 1 is 0.714 bits per heavy atom. The zero-order valence-electron chi connectivity index (χ0n) is 51.9. The number of hydrogen-bond acceptors (Lipinski definition) is 17. The number of aromatic nitrogens is 1. The van der Waals surface area contributed by atoms with Gasteiger partial charge in [0.1, 0.15) is 17.8 Å². The number of halogens is 2. The third-order valence-electron chi connectivity index (χ3n) is 16.3. The number of alkyl halides is 2. The number of carboxylic acids is 3. The van der Waals surface area contributed by atoms with Gasteiger partial charge in [0.15, 0.2) is 0 Å². The number of fused-ring (bicyclic) bond motifs is 1. The van der Waals surface area contributed by atoms with Crippen molar-refractivity contribution in [3.05, 3.63) is 71.4 Å². The molecule has 498 valence electrons. The molecule has 28 heteroatoms. The molecule has 3 saturated heterocycles. The van der Waals surface area contributed by atoms with E-state index >= 15 is 0 Å². The van der Waals surface area contributed by atoms with E-state index in [1.807, 2.05) is 24.0 Å². The standard InChI is InChI=1S/C63H88F2N12O13S/c1-45-11-13-46(14-12-45)7-5-9-54(78)68-22-34-91-43-53(71-55(79)39-72-25-27-73(40-58(82)83)29-31-75(42-60(86)87)32-30-74(28-26-72)41-59(84)85)62(89)69-20-4-2-3-10-56(80)76-23-18-47(19-24-76)8-6-33-90-49-15-16-52-51(35-49)50(17-21-67-52)61(88)70-38-57(81)77-44-63(64,65)36-48(77)37-66/h11-17,21,35,47-48,53H,2-10,18-20,22-34,36,38-44H2,1H3,(H,68,78)(H,69,89)(H,70,88)(H,71,79)(H,82,83)(H,84,85)(H,86,87)/t48-,53?/m1/s1. The Hall–Kier alpha value is -7.58. The first-order chi connectivity index (χ1) is 43.6. The number of ether oxygens (including phenoxy) is 1. The highest BCUT2D eigenvalue weighted by atomic mass is 32.2. The summed E-state index contributed by atoms with van der Waals surface area (Å²) in [7, 11) is 0. The van der Waals surface area contributed by atoms with Crippen molar-refractivity contribution >= 4 is 76.0 Å². The fourth-order valence-corrected chi connectivity index (χ4v) is 12.1.